The van der Waals surface area contributed by atoms with Crippen molar-refractivity contribution < 1.29 is 38.1 Å². The van der Waals surface area contributed by atoms with Crippen LogP contribution in [0.4, 0.5) is 0 Å². The van der Waals surface area contributed by atoms with Gasteiger partial charge in [-0.2, -0.15) is 0 Å². The summed E-state index contributed by atoms with van der Waals surface area (Å²) in [6.07, 6.45) is 0.515. The van der Waals surface area contributed by atoms with E-state index in [1.807, 2.05) is 13.8 Å². The van der Waals surface area contributed by atoms with Crippen LogP contribution in [0.1, 0.15) is 33.1 Å². The van der Waals surface area contributed by atoms with E-state index in [-0.39, 0.29) is 55.4 Å². The van der Waals surface area contributed by atoms with E-state index >= 15 is 0 Å². The molecule has 1 rings (SSSR count). The summed E-state index contributed by atoms with van der Waals surface area (Å²) in [5.41, 5.74) is 4.99. The Balaban J connectivity index is 1.89. The predicted octanol–water partition coefficient (Wildman–Crippen LogP) is -0.534. The maximum absolute atomic E-state index is 12.2. The van der Waals surface area contributed by atoms with Crippen LogP contribution in [0, 0.1) is 11.8 Å². The van der Waals surface area contributed by atoms with Gasteiger partial charge < -0.3 is 30.0 Å². The number of nitrogens with one attached hydrogen (secondary N) is 1. The molecule has 1 aliphatic rings. The molecule has 32 heavy (non-hydrogen) atoms. The number of hydrogen-bond donors (Lipinski definition) is 2. The highest BCUT2D eigenvalue weighted by atomic mass is 16.6. The molecule has 0 aromatic rings. The smallest absolute Gasteiger partial charge is 0.233 e. The molecule has 11 nitrogen and oxygen atoms in total. The first-order valence-corrected chi connectivity index (χ1v) is 11.0. The molecule has 0 spiro atoms. The fraction of sp³-hybridized carbons (Fsp3) is 0.810. The van der Waals surface area contributed by atoms with Gasteiger partial charge in [-0.1, -0.05) is 13.8 Å². The first-order chi connectivity index (χ1) is 15.3. The average molecular weight is 460 g/mol. The number of carbonyl (C=O) groups is 4. The number of nitrogens with zero attached hydrogens (tertiary/aromatic N) is 1. The molecule has 4 amide bonds. The zero-order chi connectivity index (χ0) is 23.8. The fourth-order valence-electron chi connectivity index (χ4n) is 2.96. The summed E-state index contributed by atoms with van der Waals surface area (Å²) in [7, 11) is 0. The van der Waals surface area contributed by atoms with Crippen LogP contribution in [0.2, 0.25) is 0 Å². The Hall–Kier alpha value is -2.08. The average Bonchev–Trinajstić information content (AvgIpc) is 3.02. The largest absolute Gasteiger partial charge is 0.379 e. The van der Waals surface area contributed by atoms with Gasteiger partial charge in [-0.05, 0) is 5.92 Å². The second kappa shape index (κ2) is 16.5. The summed E-state index contributed by atoms with van der Waals surface area (Å²) >= 11 is 0. The minimum Gasteiger partial charge on any atom is -0.379 e. The second-order valence-electron chi connectivity index (χ2n) is 7.70. The van der Waals surface area contributed by atoms with Gasteiger partial charge in [-0.25, -0.2) is 0 Å². The number of carbonyl (C=O) groups excluding carboxylic acids is 4. The molecule has 11 heteroatoms. The minimum atomic E-state index is -0.392. The van der Waals surface area contributed by atoms with Crippen molar-refractivity contribution in [2.75, 3.05) is 65.9 Å². The molecule has 1 aliphatic heterocycles. The van der Waals surface area contributed by atoms with Crippen LogP contribution >= 0.6 is 0 Å². The summed E-state index contributed by atoms with van der Waals surface area (Å²) in [4.78, 5) is 47.7. The zero-order valence-corrected chi connectivity index (χ0v) is 19.1. The molecule has 0 bridgehead atoms. The number of ether oxygens (including phenoxy) is 4. The number of hydrogen-bond acceptors (Lipinski definition) is 8. The molecule has 1 saturated heterocycles. The van der Waals surface area contributed by atoms with Crippen molar-refractivity contribution in [1.82, 2.24) is 10.2 Å². The zero-order valence-electron chi connectivity index (χ0n) is 19.1. The lowest BCUT2D eigenvalue weighted by atomic mass is 9.94. The number of likely N-dealkylation sites (tertiary alicyclic amines) is 1. The second-order valence-corrected chi connectivity index (χ2v) is 7.70. The van der Waals surface area contributed by atoms with Crippen LogP contribution in [-0.2, 0) is 38.1 Å². The van der Waals surface area contributed by atoms with Crippen molar-refractivity contribution in [3.63, 3.8) is 0 Å². The summed E-state index contributed by atoms with van der Waals surface area (Å²) in [5.74, 6) is -1.17. The normalized spacial score (nSPS) is 16.2. The number of rotatable bonds is 19. The van der Waals surface area contributed by atoms with Gasteiger partial charge >= 0.3 is 0 Å². The Bertz CT molecular complexity index is 600. The van der Waals surface area contributed by atoms with Crippen molar-refractivity contribution in [1.29, 1.82) is 0 Å². The van der Waals surface area contributed by atoms with E-state index in [2.05, 4.69) is 5.32 Å². The van der Waals surface area contributed by atoms with Crippen LogP contribution in [0.5, 0.6) is 0 Å². The van der Waals surface area contributed by atoms with Gasteiger partial charge in [0.25, 0.3) is 0 Å². The number of imide groups is 1. The molecule has 0 radical (unpaired) electrons. The van der Waals surface area contributed by atoms with Crippen molar-refractivity contribution in [2.45, 2.75) is 33.1 Å². The van der Waals surface area contributed by atoms with Gasteiger partial charge in [-0.15, -0.1) is 0 Å². The van der Waals surface area contributed by atoms with Gasteiger partial charge in [0, 0.05) is 38.3 Å². The number of amides is 4. The standard InChI is InChI=1S/C21H37N3O8/c1-16(2)17-15-20(27)24(21(17)28)6-3-19(26)23-5-8-30-10-12-32-14-13-31-11-9-29-7-4-18(22)25/h16-17H,3-15H2,1-2H3,(H2,22,25)(H,23,26). The Morgan fingerprint density at radius 1 is 0.938 bits per heavy atom. The fourth-order valence-corrected chi connectivity index (χ4v) is 2.96. The molecule has 0 aliphatic carbocycles. The van der Waals surface area contributed by atoms with E-state index in [0.717, 1.165) is 0 Å². The van der Waals surface area contributed by atoms with E-state index in [1.54, 1.807) is 0 Å². The summed E-state index contributed by atoms with van der Waals surface area (Å²) in [6.45, 7) is 7.37. The van der Waals surface area contributed by atoms with E-state index in [0.29, 0.717) is 59.4 Å². The Labute approximate surface area is 189 Å². The maximum Gasteiger partial charge on any atom is 0.233 e. The first-order valence-electron chi connectivity index (χ1n) is 11.0. The van der Waals surface area contributed by atoms with Crippen LogP contribution in [0.15, 0.2) is 0 Å². The van der Waals surface area contributed by atoms with Crippen molar-refractivity contribution in [3.8, 4) is 0 Å². The molecule has 184 valence electrons. The van der Waals surface area contributed by atoms with E-state index in [4.69, 9.17) is 24.7 Å². The van der Waals surface area contributed by atoms with Crippen LogP contribution in [0.25, 0.3) is 0 Å². The van der Waals surface area contributed by atoms with Crippen molar-refractivity contribution in [2.24, 2.45) is 17.6 Å². The molecular weight excluding hydrogens is 422 g/mol. The van der Waals surface area contributed by atoms with Gasteiger partial charge in [0.1, 0.15) is 0 Å². The summed E-state index contributed by atoms with van der Waals surface area (Å²) < 4.78 is 21.2. The summed E-state index contributed by atoms with van der Waals surface area (Å²) in [6, 6.07) is 0. The van der Waals surface area contributed by atoms with Gasteiger partial charge in [0.15, 0.2) is 0 Å². The molecule has 1 fully saturated rings. The first kappa shape index (κ1) is 28.0. The highest BCUT2D eigenvalue weighted by molar-refractivity contribution is 6.03. The third-order valence-electron chi connectivity index (χ3n) is 4.82. The highest BCUT2D eigenvalue weighted by Gasteiger charge is 2.39. The number of nitrogens with two attached hydrogens (primary N) is 1. The molecular formula is C21H37N3O8. The third kappa shape index (κ3) is 12.1. The predicted molar refractivity (Wildman–Crippen MR) is 114 cm³/mol. The lowest BCUT2D eigenvalue weighted by molar-refractivity contribution is -0.140. The molecule has 1 atom stereocenters. The topological polar surface area (TPSA) is 146 Å². The molecule has 1 unspecified atom stereocenters. The van der Waals surface area contributed by atoms with E-state index < -0.39 is 5.91 Å². The summed E-state index contributed by atoms with van der Waals surface area (Å²) in [5, 5.41) is 2.70. The quantitative estimate of drug-likeness (QED) is 0.193. The van der Waals surface area contributed by atoms with Crippen molar-refractivity contribution in [3.05, 3.63) is 0 Å². The molecule has 0 saturated carbocycles. The number of primary amides is 1. The molecule has 3 N–H and O–H groups in total. The van der Waals surface area contributed by atoms with Gasteiger partial charge in [0.05, 0.1) is 52.9 Å². The van der Waals surface area contributed by atoms with Crippen LogP contribution < -0.4 is 11.1 Å². The SMILES string of the molecule is CC(C)C1CC(=O)N(CCC(=O)NCCOCCOCCOCCOCCC(N)=O)C1=O. The maximum atomic E-state index is 12.2. The van der Waals surface area contributed by atoms with Crippen molar-refractivity contribution >= 4 is 23.6 Å². The van der Waals surface area contributed by atoms with E-state index in [9.17, 15) is 19.2 Å². The Morgan fingerprint density at radius 3 is 1.97 bits per heavy atom. The van der Waals surface area contributed by atoms with Gasteiger partial charge in [-0.3, -0.25) is 24.1 Å². The Kier molecular flexibility index (Phi) is 14.4. The van der Waals surface area contributed by atoms with Crippen LogP contribution in [-0.4, -0.2) is 94.5 Å². The van der Waals surface area contributed by atoms with Gasteiger partial charge in [0.2, 0.25) is 23.6 Å². The minimum absolute atomic E-state index is 0.0849. The van der Waals surface area contributed by atoms with Crippen LogP contribution in [0.3, 0.4) is 0 Å². The van der Waals surface area contributed by atoms with E-state index in [1.165, 1.54) is 4.90 Å². The Morgan fingerprint density at radius 2 is 1.47 bits per heavy atom. The third-order valence-corrected chi connectivity index (χ3v) is 4.82. The lowest BCUT2D eigenvalue weighted by Crippen LogP contribution is -2.36. The molecule has 1 heterocycles. The monoisotopic (exact) mass is 459 g/mol. The molecule has 0 aromatic carbocycles. The highest BCUT2D eigenvalue weighted by Crippen LogP contribution is 2.26. The lowest BCUT2D eigenvalue weighted by Gasteiger charge is -2.16. The molecule has 0 aromatic heterocycles.